The molecule has 0 aliphatic rings. The Labute approximate surface area is 157 Å². The smallest absolute Gasteiger partial charge is 0.364 e. The third-order valence-electron chi connectivity index (χ3n) is 3.49. The fraction of sp³-hybridized carbons (Fsp3) is 0.800. The number of aliphatic carboxylic acids is 1. The molecule has 5 N–H and O–H groups in total. The van der Waals surface area contributed by atoms with Crippen LogP contribution < -0.4 is 11.2 Å². The average molecular weight is 395 g/mol. The molecular formula is C15H29N3O9. The van der Waals surface area contributed by atoms with Gasteiger partial charge in [0.1, 0.15) is 6.61 Å². The van der Waals surface area contributed by atoms with E-state index in [0.717, 1.165) is 14.2 Å². The average Bonchev–Trinajstić information content (AvgIpc) is 2.63. The van der Waals surface area contributed by atoms with Crippen molar-refractivity contribution in [3.63, 3.8) is 0 Å². The molecule has 0 fully saturated rings. The van der Waals surface area contributed by atoms with Crippen LogP contribution in [0.3, 0.4) is 0 Å². The first kappa shape index (κ1) is 25.2. The molecule has 0 radical (unpaired) electrons. The summed E-state index contributed by atoms with van der Waals surface area (Å²) < 4.78 is 14.9. The van der Waals surface area contributed by atoms with Crippen molar-refractivity contribution in [2.45, 2.75) is 37.7 Å². The van der Waals surface area contributed by atoms with Gasteiger partial charge >= 0.3 is 5.97 Å². The number of amides is 1. The molecule has 12 heteroatoms. The molecule has 0 saturated carbocycles. The number of carbonyl (C=O) groups excluding carboxylic acids is 1. The first-order chi connectivity index (χ1) is 12.8. The van der Waals surface area contributed by atoms with Crippen molar-refractivity contribution < 1.29 is 43.7 Å². The van der Waals surface area contributed by atoms with E-state index in [2.05, 4.69) is 15.3 Å². The van der Waals surface area contributed by atoms with Crippen LogP contribution in [0.2, 0.25) is 0 Å². The van der Waals surface area contributed by atoms with Crippen molar-refractivity contribution >= 4 is 18.1 Å². The van der Waals surface area contributed by atoms with Crippen molar-refractivity contribution in [3.05, 3.63) is 0 Å². The Kier molecular flexibility index (Phi) is 13.3. The molecule has 12 nitrogen and oxygen atoms in total. The van der Waals surface area contributed by atoms with E-state index in [4.69, 9.17) is 24.9 Å². The van der Waals surface area contributed by atoms with E-state index in [1.807, 2.05) is 0 Å². The fourth-order valence-corrected chi connectivity index (χ4v) is 2.07. The van der Waals surface area contributed by atoms with Gasteiger partial charge in [-0.25, -0.2) is 10.7 Å². The molecule has 0 spiro atoms. The van der Waals surface area contributed by atoms with Crippen LogP contribution in [-0.2, 0) is 33.5 Å². The van der Waals surface area contributed by atoms with Crippen LogP contribution in [0.15, 0.2) is 5.16 Å². The van der Waals surface area contributed by atoms with Crippen molar-refractivity contribution in [1.29, 1.82) is 0 Å². The van der Waals surface area contributed by atoms with E-state index in [1.54, 1.807) is 0 Å². The molecule has 2 unspecified atom stereocenters. The Morgan fingerprint density at radius 3 is 2.37 bits per heavy atom. The third-order valence-corrected chi connectivity index (χ3v) is 3.49. The number of methoxy groups -OCH3 is 2. The molecule has 0 aliphatic heterocycles. The highest BCUT2D eigenvalue weighted by molar-refractivity contribution is 5.76. The number of carboxylic acid groups (broad SMARTS) is 1. The summed E-state index contributed by atoms with van der Waals surface area (Å²) in [6, 6.07) is -0.822. The van der Waals surface area contributed by atoms with Crippen molar-refractivity contribution in [3.8, 4) is 0 Å². The van der Waals surface area contributed by atoms with Crippen molar-refractivity contribution in [2.75, 3.05) is 40.6 Å². The minimum absolute atomic E-state index is 0.0890. The first-order valence-corrected chi connectivity index (χ1v) is 8.15. The third kappa shape index (κ3) is 10.2. The van der Waals surface area contributed by atoms with Gasteiger partial charge in [-0.05, 0) is 0 Å². The number of oxime groups is 1. The predicted molar refractivity (Wildman–Crippen MR) is 92.6 cm³/mol. The highest BCUT2D eigenvalue weighted by atomic mass is 16.7. The largest absolute Gasteiger partial charge is 0.477 e. The fourth-order valence-electron chi connectivity index (χ4n) is 2.07. The molecule has 1 amide bonds. The molecule has 2 atom stereocenters. The number of rotatable bonds is 16. The Morgan fingerprint density at radius 2 is 1.85 bits per heavy atom. The van der Waals surface area contributed by atoms with Gasteiger partial charge in [0.15, 0.2) is 0 Å². The zero-order valence-electron chi connectivity index (χ0n) is 15.8. The number of carboxylic acids is 1. The standard InChI is InChI=1S/C15H29N3O9/c1-11(19)18-12(4-5-17-27-9-7-25-6-8-26-16)13(20)10-15(23-2,24-3)14(21)22/h5,12-13,20H,4,6-10,16H2,1-3H3,(H,18,19)(H,21,22)/b17-5+. The first-order valence-electron chi connectivity index (χ1n) is 8.15. The number of aliphatic hydroxyl groups excluding tert-OH is 1. The topological polar surface area (TPSA) is 171 Å². The van der Waals surface area contributed by atoms with Crippen LogP contribution >= 0.6 is 0 Å². The predicted octanol–water partition coefficient (Wildman–Crippen LogP) is -1.38. The van der Waals surface area contributed by atoms with E-state index >= 15 is 0 Å². The molecule has 0 rings (SSSR count). The summed E-state index contributed by atoms with van der Waals surface area (Å²) in [5.41, 5.74) is 0. The van der Waals surface area contributed by atoms with Gasteiger partial charge in [-0.2, -0.15) is 0 Å². The molecule has 158 valence electrons. The molecule has 0 heterocycles. The van der Waals surface area contributed by atoms with E-state index in [1.165, 1.54) is 13.1 Å². The Balaban J connectivity index is 4.58. The lowest BCUT2D eigenvalue weighted by Gasteiger charge is -2.31. The van der Waals surface area contributed by atoms with Gasteiger partial charge in [0, 0.05) is 40.2 Å². The Morgan fingerprint density at radius 1 is 1.22 bits per heavy atom. The molecule has 0 saturated heterocycles. The lowest BCUT2D eigenvalue weighted by Crippen LogP contribution is -2.51. The lowest BCUT2D eigenvalue weighted by atomic mass is 9.99. The minimum Gasteiger partial charge on any atom is -0.477 e. The van der Waals surface area contributed by atoms with Crippen LogP contribution in [0, 0.1) is 0 Å². The molecule has 0 aromatic rings. The summed E-state index contributed by atoms with van der Waals surface area (Å²) in [5, 5.41) is 25.8. The minimum atomic E-state index is -2.03. The van der Waals surface area contributed by atoms with Gasteiger partial charge in [0.05, 0.1) is 32.0 Å². The molecular weight excluding hydrogens is 366 g/mol. The van der Waals surface area contributed by atoms with Gasteiger partial charge in [0.25, 0.3) is 5.79 Å². The number of nitrogens with two attached hydrogens (primary N) is 1. The number of ether oxygens (including phenoxy) is 3. The van der Waals surface area contributed by atoms with Gasteiger partial charge in [-0.15, -0.1) is 0 Å². The molecule has 0 aromatic heterocycles. The number of carbonyl (C=O) groups is 2. The number of hydrogen-bond acceptors (Lipinski definition) is 10. The van der Waals surface area contributed by atoms with Crippen LogP contribution in [-0.4, -0.2) is 86.9 Å². The lowest BCUT2D eigenvalue weighted by molar-refractivity contribution is -0.235. The normalized spacial score (nSPS) is 14.1. The zero-order valence-corrected chi connectivity index (χ0v) is 15.8. The van der Waals surface area contributed by atoms with Gasteiger partial charge in [-0.3, -0.25) is 4.79 Å². The van der Waals surface area contributed by atoms with Crippen LogP contribution in [0.4, 0.5) is 0 Å². The second-order valence-electron chi connectivity index (χ2n) is 5.38. The summed E-state index contributed by atoms with van der Waals surface area (Å²) >= 11 is 0. The highest BCUT2D eigenvalue weighted by Crippen LogP contribution is 2.21. The van der Waals surface area contributed by atoms with E-state index in [0.29, 0.717) is 6.61 Å². The molecule has 0 aliphatic carbocycles. The van der Waals surface area contributed by atoms with E-state index in [9.17, 15) is 19.8 Å². The number of aliphatic hydroxyl groups is 1. The number of nitrogens with one attached hydrogen (secondary N) is 1. The summed E-state index contributed by atoms with van der Waals surface area (Å²) in [6.45, 7) is 2.32. The Hall–Kier alpha value is -1.83. The molecule has 27 heavy (non-hydrogen) atoms. The SMILES string of the molecule is COC(CC(O)C(C/C=N/OCCOCCON)NC(C)=O)(OC)C(=O)O. The van der Waals surface area contributed by atoms with Crippen molar-refractivity contribution in [1.82, 2.24) is 5.32 Å². The summed E-state index contributed by atoms with van der Waals surface area (Å²) in [6.07, 6.45) is -0.261. The molecule has 0 aromatic carbocycles. The van der Waals surface area contributed by atoms with Gasteiger partial charge < -0.3 is 39.4 Å². The monoisotopic (exact) mass is 395 g/mol. The van der Waals surface area contributed by atoms with Crippen LogP contribution in [0.1, 0.15) is 19.8 Å². The maximum Gasteiger partial charge on any atom is 0.364 e. The highest BCUT2D eigenvalue weighted by Gasteiger charge is 2.43. The van der Waals surface area contributed by atoms with E-state index in [-0.39, 0.29) is 26.2 Å². The van der Waals surface area contributed by atoms with Gasteiger partial charge in [0.2, 0.25) is 5.91 Å². The number of hydrogen-bond donors (Lipinski definition) is 4. The van der Waals surface area contributed by atoms with E-state index < -0.39 is 36.2 Å². The van der Waals surface area contributed by atoms with Gasteiger partial charge in [-0.1, -0.05) is 5.16 Å². The summed E-state index contributed by atoms with van der Waals surface area (Å²) in [7, 11) is 2.30. The van der Waals surface area contributed by atoms with Crippen LogP contribution in [0.5, 0.6) is 0 Å². The Bertz CT molecular complexity index is 458. The van der Waals surface area contributed by atoms with Crippen LogP contribution in [0.25, 0.3) is 0 Å². The maximum absolute atomic E-state index is 11.4. The summed E-state index contributed by atoms with van der Waals surface area (Å²) in [4.78, 5) is 32.0. The quantitative estimate of drug-likeness (QED) is 0.106. The zero-order chi connectivity index (χ0) is 20.7. The number of nitrogens with zero attached hydrogens (tertiary/aromatic N) is 1. The molecule has 0 bridgehead atoms. The second kappa shape index (κ2) is 14.3. The maximum atomic E-state index is 11.4. The summed E-state index contributed by atoms with van der Waals surface area (Å²) in [5.74, 6) is 1.00. The second-order valence-corrected chi connectivity index (χ2v) is 5.38. The van der Waals surface area contributed by atoms with Crippen molar-refractivity contribution in [2.24, 2.45) is 11.1 Å².